The van der Waals surface area contributed by atoms with E-state index in [-0.39, 0.29) is 5.54 Å². The Morgan fingerprint density at radius 3 is 2.94 bits per heavy atom. The van der Waals surface area contributed by atoms with Crippen molar-refractivity contribution in [3.63, 3.8) is 0 Å². The fraction of sp³-hybridized carbons (Fsp3) is 0.462. The van der Waals surface area contributed by atoms with Crippen LogP contribution in [-0.2, 0) is 11.2 Å². The Balaban J connectivity index is 2.17. The molecule has 0 saturated heterocycles. The highest BCUT2D eigenvalue weighted by Crippen LogP contribution is 2.29. The van der Waals surface area contributed by atoms with E-state index in [0.717, 1.165) is 19.5 Å². The fourth-order valence-corrected chi connectivity index (χ4v) is 2.20. The maximum atomic E-state index is 10.3. The number of aliphatic imine (C=N–C) groups is 1. The van der Waals surface area contributed by atoms with Crippen LogP contribution in [0, 0.1) is 0 Å². The van der Waals surface area contributed by atoms with Gasteiger partial charge in [-0.3, -0.25) is 0 Å². The molecule has 0 aromatic heterocycles. The summed E-state index contributed by atoms with van der Waals surface area (Å²) in [6, 6.07) is 8.40. The Kier molecular flexibility index (Phi) is 2.80. The third kappa shape index (κ3) is 2.15. The first kappa shape index (κ1) is 10.9. The minimum atomic E-state index is -0.362. The molecule has 0 atom stereocenters. The van der Waals surface area contributed by atoms with Gasteiger partial charge in [-0.25, -0.2) is 4.79 Å². The van der Waals surface area contributed by atoms with Crippen LogP contribution < -0.4 is 4.90 Å². The van der Waals surface area contributed by atoms with Gasteiger partial charge in [-0.2, -0.15) is 4.99 Å². The lowest BCUT2D eigenvalue weighted by atomic mass is 10.1. The molecule has 0 spiro atoms. The average Bonchev–Trinajstić information content (AvgIpc) is 2.61. The second-order valence-electron chi connectivity index (χ2n) is 4.82. The minimum absolute atomic E-state index is 0.362. The van der Waals surface area contributed by atoms with Gasteiger partial charge < -0.3 is 4.90 Å². The number of benzene rings is 1. The second kappa shape index (κ2) is 4.11. The number of hydrogen-bond acceptors (Lipinski definition) is 3. The van der Waals surface area contributed by atoms with Gasteiger partial charge in [-0.1, -0.05) is 18.2 Å². The van der Waals surface area contributed by atoms with E-state index in [2.05, 4.69) is 28.1 Å². The van der Waals surface area contributed by atoms with Gasteiger partial charge in [0.2, 0.25) is 6.08 Å². The SMILES string of the molecule is CC(C)(CN1CCc2ccccc21)N=C=O. The lowest BCUT2D eigenvalue weighted by molar-refractivity contribution is 0.498. The molecule has 3 heteroatoms. The summed E-state index contributed by atoms with van der Waals surface area (Å²) in [7, 11) is 0. The third-order valence-corrected chi connectivity index (χ3v) is 2.91. The van der Waals surface area contributed by atoms with Gasteiger partial charge in [0.1, 0.15) is 0 Å². The number of fused-ring (bicyclic) bond motifs is 1. The van der Waals surface area contributed by atoms with Crippen molar-refractivity contribution in [3.05, 3.63) is 29.8 Å². The molecule has 0 radical (unpaired) electrons. The van der Waals surface area contributed by atoms with Crippen molar-refractivity contribution in [2.75, 3.05) is 18.0 Å². The highest BCUT2D eigenvalue weighted by molar-refractivity contribution is 5.58. The molecular formula is C13H16N2O. The van der Waals surface area contributed by atoms with E-state index >= 15 is 0 Å². The first-order valence-electron chi connectivity index (χ1n) is 5.54. The van der Waals surface area contributed by atoms with Crippen molar-refractivity contribution < 1.29 is 4.79 Å². The normalized spacial score (nSPS) is 14.5. The Morgan fingerprint density at radius 1 is 1.44 bits per heavy atom. The van der Waals surface area contributed by atoms with Crippen LogP contribution in [0.25, 0.3) is 0 Å². The summed E-state index contributed by atoms with van der Waals surface area (Å²) in [5.74, 6) is 0. The third-order valence-electron chi connectivity index (χ3n) is 2.91. The summed E-state index contributed by atoms with van der Waals surface area (Å²) in [5.41, 5.74) is 2.30. The first-order valence-corrected chi connectivity index (χ1v) is 5.54. The van der Waals surface area contributed by atoms with Crippen LogP contribution in [0.15, 0.2) is 29.3 Å². The van der Waals surface area contributed by atoms with Crippen molar-refractivity contribution in [2.45, 2.75) is 25.8 Å². The molecule has 0 fully saturated rings. The van der Waals surface area contributed by atoms with Crippen molar-refractivity contribution in [2.24, 2.45) is 4.99 Å². The van der Waals surface area contributed by atoms with E-state index < -0.39 is 0 Å². The summed E-state index contributed by atoms with van der Waals surface area (Å²) >= 11 is 0. The predicted octanol–water partition coefficient (Wildman–Crippen LogP) is 2.16. The number of isocyanates is 1. The zero-order chi connectivity index (χ0) is 11.6. The summed E-state index contributed by atoms with van der Waals surface area (Å²) in [4.78, 5) is 16.5. The molecule has 0 N–H and O–H groups in total. The molecule has 1 aromatic rings. The number of rotatable bonds is 3. The fourth-order valence-electron chi connectivity index (χ4n) is 2.20. The van der Waals surface area contributed by atoms with Crippen molar-refractivity contribution in [3.8, 4) is 0 Å². The van der Waals surface area contributed by atoms with Crippen LogP contribution in [0.5, 0.6) is 0 Å². The molecule has 1 heterocycles. The molecule has 16 heavy (non-hydrogen) atoms. The van der Waals surface area contributed by atoms with E-state index in [1.54, 1.807) is 6.08 Å². The van der Waals surface area contributed by atoms with E-state index in [4.69, 9.17) is 0 Å². The van der Waals surface area contributed by atoms with Crippen LogP contribution in [0.1, 0.15) is 19.4 Å². The van der Waals surface area contributed by atoms with Gasteiger partial charge in [0.05, 0.1) is 5.54 Å². The van der Waals surface area contributed by atoms with Crippen LogP contribution in [0.2, 0.25) is 0 Å². The van der Waals surface area contributed by atoms with Crippen molar-refractivity contribution in [1.82, 2.24) is 0 Å². The predicted molar refractivity (Wildman–Crippen MR) is 64.6 cm³/mol. The number of anilines is 1. The molecule has 1 aliphatic rings. The van der Waals surface area contributed by atoms with Crippen LogP contribution >= 0.6 is 0 Å². The monoisotopic (exact) mass is 216 g/mol. The molecule has 1 aromatic carbocycles. The second-order valence-corrected chi connectivity index (χ2v) is 4.82. The molecule has 0 amide bonds. The molecule has 3 nitrogen and oxygen atoms in total. The maximum absolute atomic E-state index is 10.3. The van der Waals surface area contributed by atoms with E-state index in [1.165, 1.54) is 11.3 Å². The van der Waals surface area contributed by atoms with Crippen molar-refractivity contribution >= 4 is 11.8 Å². The molecule has 0 bridgehead atoms. The molecule has 0 aliphatic carbocycles. The summed E-state index contributed by atoms with van der Waals surface area (Å²) in [6.45, 7) is 5.69. The molecular weight excluding hydrogens is 200 g/mol. The van der Waals surface area contributed by atoms with Gasteiger partial charge >= 0.3 is 0 Å². The molecule has 0 unspecified atom stereocenters. The molecule has 84 valence electrons. The Bertz CT molecular complexity index is 433. The van der Waals surface area contributed by atoms with Crippen LogP contribution in [0.4, 0.5) is 5.69 Å². The van der Waals surface area contributed by atoms with Crippen LogP contribution in [-0.4, -0.2) is 24.7 Å². The van der Waals surface area contributed by atoms with Gasteiger partial charge in [0, 0.05) is 18.8 Å². The standard InChI is InChI=1S/C13H16N2O/c1-13(2,14-10-16)9-15-8-7-11-5-3-4-6-12(11)15/h3-6H,7-9H2,1-2H3. The Morgan fingerprint density at radius 2 is 2.19 bits per heavy atom. The number of hydrogen-bond donors (Lipinski definition) is 0. The Hall–Kier alpha value is -1.60. The Labute approximate surface area is 95.8 Å². The summed E-state index contributed by atoms with van der Waals surface area (Å²) in [5, 5.41) is 0. The van der Waals surface area contributed by atoms with Gasteiger partial charge in [-0.05, 0) is 31.9 Å². The van der Waals surface area contributed by atoms with E-state index in [0.29, 0.717) is 0 Å². The van der Waals surface area contributed by atoms with Gasteiger partial charge in [-0.15, -0.1) is 0 Å². The van der Waals surface area contributed by atoms with E-state index in [9.17, 15) is 4.79 Å². The molecule has 2 rings (SSSR count). The van der Waals surface area contributed by atoms with Crippen molar-refractivity contribution in [1.29, 1.82) is 0 Å². The minimum Gasteiger partial charge on any atom is -0.369 e. The largest absolute Gasteiger partial charge is 0.369 e. The quantitative estimate of drug-likeness (QED) is 0.573. The number of carbonyl (C=O) groups excluding carboxylic acids is 1. The number of para-hydroxylation sites is 1. The zero-order valence-corrected chi connectivity index (χ0v) is 9.73. The summed E-state index contributed by atoms with van der Waals surface area (Å²) in [6.07, 6.45) is 2.73. The first-order chi connectivity index (χ1) is 7.62. The molecule has 0 saturated carbocycles. The van der Waals surface area contributed by atoms with Gasteiger partial charge in [0.25, 0.3) is 0 Å². The van der Waals surface area contributed by atoms with Gasteiger partial charge in [0.15, 0.2) is 0 Å². The lowest BCUT2D eigenvalue weighted by Crippen LogP contribution is -2.36. The lowest BCUT2D eigenvalue weighted by Gasteiger charge is -2.27. The number of nitrogens with zero attached hydrogens (tertiary/aromatic N) is 2. The zero-order valence-electron chi connectivity index (χ0n) is 9.73. The molecule has 1 aliphatic heterocycles. The van der Waals surface area contributed by atoms with E-state index in [1.807, 2.05) is 19.9 Å². The topological polar surface area (TPSA) is 32.7 Å². The van der Waals surface area contributed by atoms with Crippen LogP contribution in [0.3, 0.4) is 0 Å². The smallest absolute Gasteiger partial charge is 0.235 e. The highest BCUT2D eigenvalue weighted by Gasteiger charge is 2.25. The maximum Gasteiger partial charge on any atom is 0.235 e. The summed E-state index contributed by atoms with van der Waals surface area (Å²) < 4.78 is 0. The highest BCUT2D eigenvalue weighted by atomic mass is 16.1. The average molecular weight is 216 g/mol.